The zero-order valence-corrected chi connectivity index (χ0v) is 6.60. The molecule has 1 N–H and O–H groups in total. The second-order valence-corrected chi connectivity index (χ2v) is 3.16. The van der Waals surface area contributed by atoms with Crippen molar-refractivity contribution in [3.63, 3.8) is 0 Å². The number of carboxylic acid groups (broad SMARTS) is 1. The van der Waals surface area contributed by atoms with E-state index in [-0.39, 0.29) is 17.8 Å². The van der Waals surface area contributed by atoms with Gasteiger partial charge in [0.2, 0.25) is 0 Å². The Morgan fingerprint density at radius 3 is 2.92 bits per heavy atom. The molecule has 4 nitrogen and oxygen atoms in total. The first kappa shape index (κ1) is 7.34. The lowest BCUT2D eigenvalue weighted by Gasteiger charge is -1.86. The van der Waals surface area contributed by atoms with Crippen molar-refractivity contribution in [3.05, 3.63) is 18.4 Å². The zero-order chi connectivity index (χ0) is 8.72. The number of carbonyl (C=O) groups is 1. The van der Waals surface area contributed by atoms with E-state index in [0.29, 0.717) is 0 Å². The molecule has 1 aromatic rings. The van der Waals surface area contributed by atoms with Crippen molar-refractivity contribution in [3.8, 4) is 0 Å². The Morgan fingerprint density at radius 2 is 2.50 bits per heavy atom. The predicted octanol–water partition coefficient (Wildman–Crippen LogP) is 1.11. The van der Waals surface area contributed by atoms with Crippen molar-refractivity contribution in [1.82, 2.24) is 4.98 Å². The molecule has 1 heterocycles. The minimum absolute atomic E-state index is 0.0567. The molecule has 0 radical (unpaired) electrons. The molecular formula is C8H9NO3. The van der Waals surface area contributed by atoms with Crippen molar-refractivity contribution in [2.24, 2.45) is 11.8 Å². The second kappa shape index (κ2) is 2.33. The van der Waals surface area contributed by atoms with E-state index >= 15 is 0 Å². The Bertz CT molecular complexity index is 293. The van der Waals surface area contributed by atoms with Gasteiger partial charge in [-0.3, -0.25) is 4.79 Å². The van der Waals surface area contributed by atoms with Gasteiger partial charge >= 0.3 is 5.97 Å². The lowest BCUT2D eigenvalue weighted by molar-refractivity contribution is -0.138. The molecule has 3 atom stereocenters. The molecule has 0 aromatic carbocycles. The first-order valence-electron chi connectivity index (χ1n) is 3.82. The topological polar surface area (TPSA) is 63.3 Å². The van der Waals surface area contributed by atoms with E-state index in [0.717, 1.165) is 5.69 Å². The minimum atomic E-state index is -0.740. The van der Waals surface area contributed by atoms with Gasteiger partial charge in [0.05, 0.1) is 11.6 Å². The van der Waals surface area contributed by atoms with E-state index in [1.54, 1.807) is 0 Å². The Hall–Kier alpha value is -1.32. The Kier molecular flexibility index (Phi) is 1.43. The van der Waals surface area contributed by atoms with Crippen LogP contribution in [0.2, 0.25) is 0 Å². The summed E-state index contributed by atoms with van der Waals surface area (Å²) in [6.45, 7) is 1.91. The summed E-state index contributed by atoms with van der Waals surface area (Å²) in [5.41, 5.74) is 0.759. The number of aromatic nitrogens is 1. The molecule has 0 unspecified atom stereocenters. The average Bonchev–Trinajstić information content (AvgIpc) is 2.50. The predicted molar refractivity (Wildman–Crippen MR) is 39.5 cm³/mol. The molecule has 1 saturated carbocycles. The van der Waals surface area contributed by atoms with Crippen LogP contribution in [0.15, 0.2) is 17.1 Å². The molecule has 1 aliphatic carbocycles. The zero-order valence-electron chi connectivity index (χ0n) is 6.60. The van der Waals surface area contributed by atoms with Crippen LogP contribution in [-0.4, -0.2) is 16.1 Å². The van der Waals surface area contributed by atoms with E-state index in [1.165, 1.54) is 12.7 Å². The van der Waals surface area contributed by atoms with Gasteiger partial charge in [-0.2, -0.15) is 0 Å². The molecule has 12 heavy (non-hydrogen) atoms. The van der Waals surface area contributed by atoms with Crippen LogP contribution in [0.3, 0.4) is 0 Å². The summed E-state index contributed by atoms with van der Waals surface area (Å²) in [5, 5.41) is 8.73. The smallest absolute Gasteiger partial charge is 0.307 e. The van der Waals surface area contributed by atoms with Crippen LogP contribution in [0.1, 0.15) is 18.5 Å². The van der Waals surface area contributed by atoms with Crippen LogP contribution < -0.4 is 0 Å². The van der Waals surface area contributed by atoms with Gasteiger partial charge in [0.25, 0.3) is 0 Å². The van der Waals surface area contributed by atoms with Crippen LogP contribution in [0.4, 0.5) is 0 Å². The van der Waals surface area contributed by atoms with Crippen molar-refractivity contribution in [2.75, 3.05) is 0 Å². The van der Waals surface area contributed by atoms with Crippen molar-refractivity contribution in [1.29, 1.82) is 0 Å². The molecular weight excluding hydrogens is 158 g/mol. The fourth-order valence-corrected chi connectivity index (χ4v) is 1.68. The number of carboxylic acids is 1. The Balaban J connectivity index is 2.15. The Morgan fingerprint density at radius 1 is 1.75 bits per heavy atom. The van der Waals surface area contributed by atoms with Gasteiger partial charge in [0, 0.05) is 5.92 Å². The monoisotopic (exact) mass is 167 g/mol. The summed E-state index contributed by atoms with van der Waals surface area (Å²) in [6, 6.07) is 0. The maximum Gasteiger partial charge on any atom is 0.307 e. The second-order valence-electron chi connectivity index (χ2n) is 3.16. The summed E-state index contributed by atoms with van der Waals surface area (Å²) in [4.78, 5) is 14.6. The number of aliphatic carboxylic acids is 1. The van der Waals surface area contributed by atoms with Crippen LogP contribution in [-0.2, 0) is 4.79 Å². The molecule has 1 aromatic heterocycles. The van der Waals surface area contributed by atoms with Gasteiger partial charge in [-0.05, 0) is 5.92 Å². The van der Waals surface area contributed by atoms with E-state index in [1.807, 2.05) is 6.92 Å². The van der Waals surface area contributed by atoms with Gasteiger partial charge in [0.1, 0.15) is 6.26 Å². The van der Waals surface area contributed by atoms with Gasteiger partial charge < -0.3 is 9.52 Å². The van der Waals surface area contributed by atoms with Crippen molar-refractivity contribution < 1.29 is 14.3 Å². The maximum absolute atomic E-state index is 10.6. The molecule has 0 saturated heterocycles. The van der Waals surface area contributed by atoms with Crippen LogP contribution >= 0.6 is 0 Å². The van der Waals surface area contributed by atoms with Gasteiger partial charge in [0.15, 0.2) is 6.39 Å². The summed E-state index contributed by atoms with van der Waals surface area (Å²) in [7, 11) is 0. The van der Waals surface area contributed by atoms with Crippen LogP contribution in [0.25, 0.3) is 0 Å². The van der Waals surface area contributed by atoms with E-state index in [2.05, 4.69) is 4.98 Å². The molecule has 64 valence electrons. The van der Waals surface area contributed by atoms with Crippen LogP contribution in [0.5, 0.6) is 0 Å². The van der Waals surface area contributed by atoms with E-state index < -0.39 is 5.97 Å². The summed E-state index contributed by atoms with van der Waals surface area (Å²) >= 11 is 0. The molecule has 1 fully saturated rings. The highest BCUT2D eigenvalue weighted by Gasteiger charge is 2.54. The highest BCUT2D eigenvalue weighted by molar-refractivity contribution is 5.75. The lowest BCUT2D eigenvalue weighted by Crippen LogP contribution is -1.99. The van der Waals surface area contributed by atoms with Gasteiger partial charge in [-0.25, -0.2) is 4.98 Å². The van der Waals surface area contributed by atoms with Crippen LogP contribution in [0, 0.1) is 11.8 Å². The molecule has 0 aliphatic heterocycles. The quantitative estimate of drug-likeness (QED) is 0.716. The molecule has 1 aliphatic rings. The maximum atomic E-state index is 10.6. The van der Waals surface area contributed by atoms with Crippen molar-refractivity contribution in [2.45, 2.75) is 12.8 Å². The summed E-state index contributed by atoms with van der Waals surface area (Å²) in [6.07, 6.45) is 2.85. The molecule has 0 spiro atoms. The first-order valence-corrected chi connectivity index (χ1v) is 3.82. The molecule has 0 bridgehead atoms. The third-order valence-corrected chi connectivity index (χ3v) is 2.46. The van der Waals surface area contributed by atoms with E-state index in [9.17, 15) is 4.79 Å². The first-order chi connectivity index (χ1) is 5.72. The summed E-state index contributed by atoms with van der Waals surface area (Å²) < 4.78 is 4.79. The minimum Gasteiger partial charge on any atom is -0.481 e. The number of hydrogen-bond donors (Lipinski definition) is 1. The number of hydrogen-bond acceptors (Lipinski definition) is 3. The average molecular weight is 167 g/mol. The normalized spacial score (nSPS) is 33.2. The van der Waals surface area contributed by atoms with Gasteiger partial charge in [-0.1, -0.05) is 6.92 Å². The lowest BCUT2D eigenvalue weighted by atomic mass is 10.2. The number of oxazole rings is 1. The third-order valence-electron chi connectivity index (χ3n) is 2.46. The number of rotatable bonds is 2. The third kappa shape index (κ3) is 0.913. The van der Waals surface area contributed by atoms with E-state index in [4.69, 9.17) is 9.52 Å². The molecule has 2 rings (SSSR count). The number of nitrogens with zero attached hydrogens (tertiary/aromatic N) is 1. The fraction of sp³-hybridized carbons (Fsp3) is 0.500. The Labute approximate surface area is 69.2 Å². The molecule has 4 heteroatoms. The SMILES string of the molecule is C[C@@H]1[C@@H](C(=O)O)[C@@H]1c1cocn1. The van der Waals surface area contributed by atoms with Crippen molar-refractivity contribution >= 4 is 5.97 Å². The fourth-order valence-electron chi connectivity index (χ4n) is 1.68. The largest absolute Gasteiger partial charge is 0.481 e. The standard InChI is InChI=1S/C8H9NO3/c1-4-6(7(4)8(10)11)5-2-12-3-9-5/h2-4,6-7H,1H3,(H,10,11)/t4-,6-,7+/m0/s1. The molecule has 0 amide bonds. The summed E-state index contributed by atoms with van der Waals surface area (Å²) in [5.74, 6) is -0.764. The van der Waals surface area contributed by atoms with Gasteiger partial charge in [-0.15, -0.1) is 0 Å². The highest BCUT2D eigenvalue weighted by atomic mass is 16.4. The highest BCUT2D eigenvalue weighted by Crippen LogP contribution is 2.53.